The summed E-state index contributed by atoms with van der Waals surface area (Å²) in [6.07, 6.45) is 90.7. The van der Waals surface area contributed by atoms with E-state index < -0.39 is 97.5 Å². The van der Waals surface area contributed by atoms with Crippen molar-refractivity contribution in [2.24, 2.45) is 0 Å². The number of hydrogen-bond acceptors (Lipinski definition) is 15. The van der Waals surface area contributed by atoms with Crippen LogP contribution in [0.3, 0.4) is 0 Å². The number of unbranched alkanes of at least 4 members (excludes halogenated alkanes) is 23. The Morgan fingerprint density at radius 2 is 0.509 bits per heavy atom. The molecule has 3 N–H and O–H groups in total. The van der Waals surface area contributed by atoms with Crippen LogP contribution in [-0.4, -0.2) is 96.7 Å². The molecule has 0 radical (unpaired) electrons. The molecular formula is C87H144O17P2. The van der Waals surface area contributed by atoms with Crippen molar-refractivity contribution in [1.82, 2.24) is 0 Å². The smallest absolute Gasteiger partial charge is 0.462 e. The zero-order chi connectivity index (χ0) is 77.4. The third-order valence-corrected chi connectivity index (χ3v) is 18.3. The average molecular weight is 1520 g/mol. The summed E-state index contributed by atoms with van der Waals surface area (Å²) in [5.41, 5.74) is 0. The summed E-state index contributed by atoms with van der Waals surface area (Å²) >= 11 is 0. The molecule has 19 heteroatoms. The van der Waals surface area contributed by atoms with Gasteiger partial charge < -0.3 is 33.8 Å². The van der Waals surface area contributed by atoms with Gasteiger partial charge in [0.2, 0.25) is 0 Å². The second-order valence-corrected chi connectivity index (χ2v) is 29.5. The maximum absolute atomic E-state index is 13.1. The standard InChI is InChI=1S/C87H144O17P2/c1-5-9-13-17-21-25-29-33-36-38-40-42-45-48-51-55-59-63-67-71-84(89)97-77-82(103-86(91)73-69-65-61-57-53-47-32-28-24-20-16-12-8-4)79-101-105(93,94)99-75-81(88)76-100-106(95,96)102-80-83(104-87(92)74-70-66-62-58-54-50-44-35-31-27-23-19-15-11-7-3)78-98-85(90)72-68-64-60-56-52-49-46-43-41-39-37-34-30-26-22-18-14-10-6-2/h9-10,13-14,16,20-23,25-28,32-37,40-44,49,52,81-83,88H,5-8,11-12,15,17-19,24,29-31,38-39,45-48,50-51,53-80H2,1-4H3,(H,93,94)(H,95,96)/b13-9-,14-10-,20-16-,25-21-,26-22-,27-23-,32-28-,36-33-,37-34-,42-40-,43-41-,44-35-,52-49-. The topological polar surface area (TPSA) is 237 Å². The fourth-order valence-corrected chi connectivity index (χ4v) is 11.9. The van der Waals surface area contributed by atoms with Crippen LogP contribution in [0.15, 0.2) is 158 Å². The summed E-state index contributed by atoms with van der Waals surface area (Å²) in [6.45, 7) is 4.47. The molecule has 5 atom stereocenters. The molecule has 0 aromatic rings. The largest absolute Gasteiger partial charge is 0.472 e. The number of allylic oxidation sites excluding steroid dienone is 26. The molecule has 0 fully saturated rings. The second-order valence-electron chi connectivity index (χ2n) is 26.6. The molecule has 0 amide bonds. The Hall–Kier alpha value is -5.32. The van der Waals surface area contributed by atoms with Crippen LogP contribution < -0.4 is 0 Å². The molecule has 17 nitrogen and oxygen atoms in total. The molecule has 0 rings (SSSR count). The highest BCUT2D eigenvalue weighted by molar-refractivity contribution is 7.47. The van der Waals surface area contributed by atoms with Gasteiger partial charge in [-0.2, -0.15) is 0 Å². The van der Waals surface area contributed by atoms with E-state index in [-0.39, 0.29) is 25.7 Å². The summed E-state index contributed by atoms with van der Waals surface area (Å²) in [4.78, 5) is 73.1. The minimum atomic E-state index is -5.00. The minimum absolute atomic E-state index is 0.0663. The van der Waals surface area contributed by atoms with Crippen molar-refractivity contribution < 1.29 is 80.2 Å². The summed E-state index contributed by atoms with van der Waals surface area (Å²) in [7, 11) is -9.99. The highest BCUT2D eigenvalue weighted by Gasteiger charge is 2.30. The van der Waals surface area contributed by atoms with Gasteiger partial charge in [0.15, 0.2) is 12.2 Å². The molecule has 0 bridgehead atoms. The Bertz CT molecular complexity index is 2630. The van der Waals surface area contributed by atoms with Gasteiger partial charge in [-0.15, -0.1) is 0 Å². The van der Waals surface area contributed by atoms with E-state index in [0.717, 1.165) is 212 Å². The van der Waals surface area contributed by atoms with E-state index >= 15 is 0 Å². The summed E-state index contributed by atoms with van der Waals surface area (Å²) in [5, 5.41) is 10.7. The van der Waals surface area contributed by atoms with Crippen LogP contribution >= 0.6 is 15.6 Å². The SMILES string of the molecule is CC/C=C\C/C=C\C/C=C\C/C=C\C/C=C\CCCCCC(=O)OCC(COP(=O)(O)OCC(O)COP(=O)(O)OCC(COC(=O)CCCCCCCC/C=C\C/C=C\C/C=C\C/C=C\CC)OC(=O)CCCCCCC/C=C\C/C=C\CCC)OC(=O)CCCCCCC/C=C\C/C=C\CCCCC. The van der Waals surface area contributed by atoms with Crippen LogP contribution in [-0.2, 0) is 65.4 Å². The van der Waals surface area contributed by atoms with Crippen LogP contribution in [0.2, 0.25) is 0 Å². The van der Waals surface area contributed by atoms with Gasteiger partial charge in [-0.3, -0.25) is 37.3 Å². The van der Waals surface area contributed by atoms with E-state index in [1.807, 2.05) is 0 Å². The quantitative estimate of drug-likeness (QED) is 0.0169. The van der Waals surface area contributed by atoms with Crippen LogP contribution in [0.1, 0.15) is 310 Å². The lowest BCUT2D eigenvalue weighted by Gasteiger charge is -2.21. The molecule has 0 saturated carbocycles. The number of carbonyl (C=O) groups is 4. The van der Waals surface area contributed by atoms with Crippen molar-refractivity contribution in [2.75, 3.05) is 39.6 Å². The van der Waals surface area contributed by atoms with Crippen molar-refractivity contribution in [2.45, 2.75) is 329 Å². The van der Waals surface area contributed by atoms with E-state index in [4.69, 9.17) is 37.0 Å². The monoisotopic (exact) mass is 1520 g/mol. The fourth-order valence-electron chi connectivity index (χ4n) is 10.3. The first-order chi connectivity index (χ1) is 51.7. The third-order valence-electron chi connectivity index (χ3n) is 16.4. The van der Waals surface area contributed by atoms with Crippen LogP contribution in [0.25, 0.3) is 0 Å². The number of phosphoric ester groups is 2. The van der Waals surface area contributed by atoms with Gasteiger partial charge in [0.25, 0.3) is 0 Å². The van der Waals surface area contributed by atoms with Gasteiger partial charge in [-0.25, -0.2) is 9.13 Å². The first-order valence-corrected chi connectivity index (χ1v) is 43.7. The Morgan fingerprint density at radius 1 is 0.274 bits per heavy atom. The van der Waals surface area contributed by atoms with E-state index in [1.165, 1.54) is 19.3 Å². The molecular weight excluding hydrogens is 1380 g/mol. The summed E-state index contributed by atoms with van der Waals surface area (Å²) < 4.78 is 68.6. The minimum Gasteiger partial charge on any atom is -0.462 e. The maximum atomic E-state index is 13.1. The van der Waals surface area contributed by atoms with E-state index in [9.17, 15) is 43.2 Å². The molecule has 5 unspecified atom stereocenters. The van der Waals surface area contributed by atoms with Gasteiger partial charge in [0.05, 0.1) is 26.4 Å². The van der Waals surface area contributed by atoms with Crippen LogP contribution in [0.5, 0.6) is 0 Å². The van der Waals surface area contributed by atoms with Crippen molar-refractivity contribution in [3.05, 3.63) is 158 Å². The van der Waals surface area contributed by atoms with Crippen molar-refractivity contribution in [3.8, 4) is 0 Å². The lowest BCUT2D eigenvalue weighted by Crippen LogP contribution is -2.30. The van der Waals surface area contributed by atoms with E-state index in [1.54, 1.807) is 0 Å². The predicted octanol–water partition coefficient (Wildman–Crippen LogP) is 24.0. The van der Waals surface area contributed by atoms with Gasteiger partial charge in [-0.05, 0) is 167 Å². The third kappa shape index (κ3) is 76.9. The first kappa shape index (κ1) is 101. The molecule has 106 heavy (non-hydrogen) atoms. The number of aliphatic hydroxyl groups is 1. The highest BCUT2D eigenvalue weighted by atomic mass is 31.2. The molecule has 0 heterocycles. The van der Waals surface area contributed by atoms with Crippen molar-refractivity contribution >= 4 is 39.5 Å². The normalized spacial score (nSPS) is 14.7. The average Bonchev–Trinajstić information content (AvgIpc) is 0.933. The van der Waals surface area contributed by atoms with E-state index in [2.05, 4.69) is 186 Å². The van der Waals surface area contributed by atoms with Crippen LogP contribution in [0, 0.1) is 0 Å². The van der Waals surface area contributed by atoms with E-state index in [0.29, 0.717) is 25.7 Å². The number of carbonyl (C=O) groups excluding carboxylic acids is 4. The number of hydrogen-bond donors (Lipinski definition) is 3. The molecule has 0 aliphatic carbocycles. The molecule has 0 aliphatic rings. The number of phosphoric acid groups is 2. The number of esters is 4. The number of ether oxygens (including phenoxy) is 4. The molecule has 0 saturated heterocycles. The van der Waals surface area contributed by atoms with Crippen molar-refractivity contribution in [1.29, 1.82) is 0 Å². The molecule has 0 aliphatic heterocycles. The molecule has 0 spiro atoms. The first-order valence-electron chi connectivity index (χ1n) is 40.7. The predicted molar refractivity (Wildman–Crippen MR) is 436 cm³/mol. The van der Waals surface area contributed by atoms with Gasteiger partial charge in [0.1, 0.15) is 19.3 Å². The number of aliphatic hydroxyl groups excluding tert-OH is 1. The zero-order valence-electron chi connectivity index (χ0n) is 66.1. The fraction of sp³-hybridized carbons (Fsp3) is 0.655. The summed E-state index contributed by atoms with van der Waals surface area (Å²) in [5.74, 6) is -2.26. The Labute approximate surface area is 642 Å². The zero-order valence-corrected chi connectivity index (χ0v) is 67.8. The molecule has 604 valence electrons. The Balaban J connectivity index is 5.41. The Morgan fingerprint density at radius 3 is 0.802 bits per heavy atom. The van der Waals surface area contributed by atoms with Gasteiger partial charge in [0, 0.05) is 25.7 Å². The second kappa shape index (κ2) is 77.8. The molecule has 0 aromatic heterocycles. The lowest BCUT2D eigenvalue weighted by molar-refractivity contribution is -0.161. The van der Waals surface area contributed by atoms with Crippen molar-refractivity contribution in [3.63, 3.8) is 0 Å². The number of rotatable bonds is 75. The maximum Gasteiger partial charge on any atom is 0.472 e. The highest BCUT2D eigenvalue weighted by Crippen LogP contribution is 2.45. The van der Waals surface area contributed by atoms with Crippen LogP contribution in [0.4, 0.5) is 0 Å². The van der Waals surface area contributed by atoms with Gasteiger partial charge >= 0.3 is 39.5 Å². The van der Waals surface area contributed by atoms with Gasteiger partial charge in [-0.1, -0.05) is 276 Å². The molecule has 0 aromatic carbocycles. The lowest BCUT2D eigenvalue weighted by atomic mass is 10.1. The Kier molecular flexibility index (Phi) is 73.9. The summed E-state index contributed by atoms with van der Waals surface area (Å²) in [6, 6.07) is 0.